The normalized spacial score (nSPS) is 11.7. The molecule has 1 heterocycles. The summed E-state index contributed by atoms with van der Waals surface area (Å²) in [6, 6.07) is 4.41. The summed E-state index contributed by atoms with van der Waals surface area (Å²) >= 11 is 4.72. The lowest BCUT2D eigenvalue weighted by Crippen LogP contribution is -2.45. The third-order valence-corrected chi connectivity index (χ3v) is 7.98. The van der Waals surface area contributed by atoms with Gasteiger partial charge in [-0.2, -0.15) is 0 Å². The maximum absolute atomic E-state index is 11.8. The van der Waals surface area contributed by atoms with Crippen molar-refractivity contribution in [2.75, 3.05) is 26.4 Å². The molecule has 0 aliphatic carbocycles. The first kappa shape index (κ1) is 21.8. The SMILES string of the molecule is CCO[Si](CCCCCOC(=O)c1ccc(Br)s1)(OCC)OCC. The van der Waals surface area contributed by atoms with E-state index in [4.69, 9.17) is 18.0 Å². The van der Waals surface area contributed by atoms with Crippen LogP contribution in [0.4, 0.5) is 0 Å². The number of rotatable bonds is 13. The van der Waals surface area contributed by atoms with E-state index >= 15 is 0 Å². The molecule has 0 atom stereocenters. The number of unbranched alkanes of at least 4 members (excludes halogenated alkanes) is 2. The summed E-state index contributed by atoms with van der Waals surface area (Å²) in [7, 11) is -2.54. The van der Waals surface area contributed by atoms with Crippen LogP contribution in [0, 0.1) is 0 Å². The van der Waals surface area contributed by atoms with Crippen molar-refractivity contribution < 1.29 is 22.8 Å². The Morgan fingerprint density at radius 1 is 1.04 bits per heavy atom. The molecule has 0 radical (unpaired) electrons. The van der Waals surface area contributed by atoms with Crippen molar-refractivity contribution in [3.05, 3.63) is 20.8 Å². The standard InChI is InChI=1S/C16H27BrO5SSi/c1-4-20-24(21-5-2,22-6-3)13-9-7-8-12-19-16(18)14-10-11-15(17)23-14/h10-11H,4-9,12-13H2,1-3H3. The molecule has 0 unspecified atom stereocenters. The van der Waals surface area contributed by atoms with Crippen LogP contribution in [0.5, 0.6) is 0 Å². The lowest BCUT2D eigenvalue weighted by molar-refractivity contribution is 0.0499. The lowest BCUT2D eigenvalue weighted by Gasteiger charge is -2.28. The monoisotopic (exact) mass is 438 g/mol. The summed E-state index contributed by atoms with van der Waals surface area (Å²) in [5.74, 6) is -0.257. The van der Waals surface area contributed by atoms with E-state index in [0.29, 0.717) is 31.3 Å². The second-order valence-corrected chi connectivity index (χ2v) is 10.2. The van der Waals surface area contributed by atoms with Gasteiger partial charge in [-0.3, -0.25) is 0 Å². The van der Waals surface area contributed by atoms with Crippen LogP contribution in [0.3, 0.4) is 0 Å². The first-order chi connectivity index (χ1) is 11.6. The first-order valence-corrected chi connectivity index (χ1v) is 11.9. The van der Waals surface area contributed by atoms with Crippen molar-refractivity contribution in [3.63, 3.8) is 0 Å². The van der Waals surface area contributed by atoms with Crippen LogP contribution in [0.1, 0.15) is 49.7 Å². The Morgan fingerprint density at radius 2 is 1.67 bits per heavy atom. The number of halogens is 1. The fraction of sp³-hybridized carbons (Fsp3) is 0.688. The van der Waals surface area contributed by atoms with Gasteiger partial charge >= 0.3 is 14.8 Å². The van der Waals surface area contributed by atoms with Crippen molar-refractivity contribution >= 4 is 42.0 Å². The second kappa shape index (κ2) is 12.2. The third-order valence-electron chi connectivity index (χ3n) is 3.23. The summed E-state index contributed by atoms with van der Waals surface area (Å²) in [6.45, 7) is 8.11. The van der Waals surface area contributed by atoms with Gasteiger partial charge in [0, 0.05) is 25.9 Å². The maximum atomic E-state index is 11.8. The summed E-state index contributed by atoms with van der Waals surface area (Å²) in [5.41, 5.74) is 0. The molecule has 0 N–H and O–H groups in total. The number of thiophene rings is 1. The summed E-state index contributed by atoms with van der Waals surface area (Å²) in [4.78, 5) is 12.4. The molecular weight excluding hydrogens is 412 g/mol. The fourth-order valence-corrected chi connectivity index (χ4v) is 6.25. The highest BCUT2D eigenvalue weighted by molar-refractivity contribution is 9.11. The van der Waals surface area contributed by atoms with Crippen molar-refractivity contribution in [3.8, 4) is 0 Å². The van der Waals surface area contributed by atoms with Gasteiger partial charge in [-0.25, -0.2) is 4.79 Å². The van der Waals surface area contributed by atoms with Crippen molar-refractivity contribution in [2.45, 2.75) is 46.1 Å². The zero-order valence-corrected chi connectivity index (χ0v) is 18.0. The Bertz CT molecular complexity index is 466. The van der Waals surface area contributed by atoms with Gasteiger partial charge in [0.05, 0.1) is 10.4 Å². The Morgan fingerprint density at radius 3 is 2.17 bits per heavy atom. The van der Waals surface area contributed by atoms with Crippen molar-refractivity contribution in [1.82, 2.24) is 0 Å². The van der Waals surface area contributed by atoms with Crippen LogP contribution >= 0.6 is 27.3 Å². The number of ether oxygens (including phenoxy) is 1. The molecule has 1 aromatic rings. The molecule has 0 aliphatic rings. The molecule has 0 bridgehead atoms. The molecule has 0 aliphatic heterocycles. The van der Waals surface area contributed by atoms with E-state index in [9.17, 15) is 4.79 Å². The van der Waals surface area contributed by atoms with Gasteiger partial charge in [-0.15, -0.1) is 11.3 Å². The van der Waals surface area contributed by atoms with Gasteiger partial charge in [0.25, 0.3) is 0 Å². The van der Waals surface area contributed by atoms with Crippen molar-refractivity contribution in [1.29, 1.82) is 0 Å². The highest BCUT2D eigenvalue weighted by Gasteiger charge is 2.39. The molecule has 5 nitrogen and oxygen atoms in total. The average molecular weight is 439 g/mol. The van der Waals surface area contributed by atoms with E-state index in [2.05, 4.69) is 15.9 Å². The Kier molecular flexibility index (Phi) is 11.0. The largest absolute Gasteiger partial charge is 0.500 e. The predicted molar refractivity (Wildman–Crippen MR) is 102 cm³/mol. The number of hydrogen-bond acceptors (Lipinski definition) is 6. The Hall–Kier alpha value is -0.253. The zero-order chi connectivity index (χ0) is 17.8. The molecule has 1 rings (SSSR count). The third kappa shape index (κ3) is 7.75. The number of esters is 1. The van der Waals surface area contributed by atoms with Crippen molar-refractivity contribution in [2.24, 2.45) is 0 Å². The molecule has 0 spiro atoms. The number of hydrogen-bond donors (Lipinski definition) is 0. The lowest BCUT2D eigenvalue weighted by atomic mass is 10.3. The molecule has 24 heavy (non-hydrogen) atoms. The van der Waals surface area contributed by atoms with E-state index in [1.165, 1.54) is 11.3 Å². The van der Waals surface area contributed by atoms with Crippen LogP contribution in [0.15, 0.2) is 15.9 Å². The number of carbonyl (C=O) groups is 1. The minimum Gasteiger partial charge on any atom is -0.462 e. The van der Waals surface area contributed by atoms with Crippen LogP contribution in [0.25, 0.3) is 0 Å². The van der Waals surface area contributed by atoms with Crippen LogP contribution in [-0.4, -0.2) is 41.2 Å². The molecule has 0 saturated heterocycles. The zero-order valence-electron chi connectivity index (χ0n) is 14.6. The van der Waals surface area contributed by atoms with Gasteiger partial charge in [-0.1, -0.05) is 6.42 Å². The molecule has 1 aromatic heterocycles. The summed E-state index contributed by atoms with van der Waals surface area (Å²) in [5, 5.41) is 0. The second-order valence-electron chi connectivity index (χ2n) is 5.03. The first-order valence-electron chi connectivity index (χ1n) is 8.41. The summed E-state index contributed by atoms with van der Waals surface area (Å²) in [6.07, 6.45) is 2.71. The highest BCUT2D eigenvalue weighted by atomic mass is 79.9. The van der Waals surface area contributed by atoms with E-state index in [-0.39, 0.29) is 5.97 Å². The molecular formula is C16H27BrO5SSi. The highest BCUT2D eigenvalue weighted by Crippen LogP contribution is 2.23. The van der Waals surface area contributed by atoms with E-state index in [1.807, 2.05) is 26.8 Å². The van der Waals surface area contributed by atoms with Crippen LogP contribution < -0.4 is 0 Å². The summed E-state index contributed by atoms with van der Waals surface area (Å²) < 4.78 is 23.7. The smallest absolute Gasteiger partial charge is 0.462 e. The number of carbonyl (C=O) groups excluding carboxylic acids is 1. The molecule has 8 heteroatoms. The topological polar surface area (TPSA) is 54.0 Å². The van der Waals surface area contributed by atoms with Gasteiger partial charge < -0.3 is 18.0 Å². The van der Waals surface area contributed by atoms with E-state index in [0.717, 1.165) is 29.1 Å². The minimum atomic E-state index is -2.54. The van der Waals surface area contributed by atoms with Crippen LogP contribution in [-0.2, 0) is 18.0 Å². The van der Waals surface area contributed by atoms with Gasteiger partial charge in [0.15, 0.2) is 0 Å². The fourth-order valence-electron chi connectivity index (χ4n) is 2.28. The Balaban J connectivity index is 2.26. The van der Waals surface area contributed by atoms with Gasteiger partial charge in [0.1, 0.15) is 4.88 Å². The molecule has 0 fully saturated rings. The molecule has 0 amide bonds. The van der Waals surface area contributed by atoms with Gasteiger partial charge in [0.2, 0.25) is 0 Å². The molecule has 138 valence electrons. The maximum Gasteiger partial charge on any atom is 0.500 e. The molecule has 0 saturated carbocycles. The van der Waals surface area contributed by atoms with E-state index in [1.54, 1.807) is 6.07 Å². The average Bonchev–Trinajstić information content (AvgIpc) is 2.98. The minimum absolute atomic E-state index is 0.257. The van der Waals surface area contributed by atoms with E-state index < -0.39 is 8.80 Å². The Labute approximate surface area is 158 Å². The predicted octanol–water partition coefficient (Wildman–Crippen LogP) is 4.89. The van der Waals surface area contributed by atoms with Crippen LogP contribution in [0.2, 0.25) is 6.04 Å². The quantitative estimate of drug-likeness (QED) is 0.249. The molecule has 0 aromatic carbocycles. The van der Waals surface area contributed by atoms with Gasteiger partial charge in [-0.05, 0) is 61.7 Å².